The molecule has 6 nitrogen and oxygen atoms in total. The number of hydrogen-bond acceptors (Lipinski definition) is 3. The first-order chi connectivity index (χ1) is 12.4. The van der Waals surface area contributed by atoms with Crippen LogP contribution < -0.4 is 5.32 Å². The number of nitrogens with zero attached hydrogens (tertiary/aromatic N) is 1. The Morgan fingerprint density at radius 3 is 2.50 bits per heavy atom. The van der Waals surface area contributed by atoms with Crippen molar-refractivity contribution in [1.82, 2.24) is 10.3 Å². The molecule has 0 saturated carbocycles. The summed E-state index contributed by atoms with van der Waals surface area (Å²) < 4.78 is 0. The fourth-order valence-corrected chi connectivity index (χ4v) is 3.41. The van der Waals surface area contributed by atoms with Crippen LogP contribution in [0.25, 0.3) is 10.9 Å². The predicted octanol–water partition coefficient (Wildman–Crippen LogP) is 3.97. The molecule has 2 N–H and O–H groups in total. The normalized spacial score (nSPS) is 10.9. The fraction of sp³-hybridized carbons (Fsp3) is 0.250. The molecule has 0 aliphatic carbocycles. The molecule has 0 aliphatic rings. The number of carbonyl (C=O) groups excluding carboxylic acids is 1. The maximum atomic E-state index is 12.5. The number of carbonyl (C=O) groups is 1. The average molecular weight is 351 g/mol. The zero-order valence-electron chi connectivity index (χ0n) is 15.1. The SMILES string of the molecule is Cc1cc(C)c(CCNC(=O)c2c[nH]c3ccc([N+](=O)[O-])cc23)c(C)c1. The van der Waals surface area contributed by atoms with Gasteiger partial charge in [0, 0.05) is 35.8 Å². The fourth-order valence-electron chi connectivity index (χ4n) is 3.41. The number of nitro benzene ring substituents is 1. The van der Waals surface area contributed by atoms with Crippen molar-refractivity contribution < 1.29 is 9.72 Å². The first-order valence-corrected chi connectivity index (χ1v) is 8.47. The van der Waals surface area contributed by atoms with Crippen molar-refractivity contribution in [2.75, 3.05) is 6.54 Å². The van der Waals surface area contributed by atoms with Gasteiger partial charge in [-0.25, -0.2) is 0 Å². The Labute approximate surface area is 151 Å². The van der Waals surface area contributed by atoms with Crippen LogP contribution in [-0.4, -0.2) is 22.4 Å². The lowest BCUT2D eigenvalue weighted by Gasteiger charge is -2.12. The number of non-ortho nitro benzene ring substituents is 1. The van der Waals surface area contributed by atoms with Gasteiger partial charge in [0.1, 0.15) is 0 Å². The van der Waals surface area contributed by atoms with Crippen LogP contribution in [0.3, 0.4) is 0 Å². The minimum Gasteiger partial charge on any atom is -0.360 e. The summed E-state index contributed by atoms with van der Waals surface area (Å²) in [5.74, 6) is -0.237. The smallest absolute Gasteiger partial charge is 0.270 e. The summed E-state index contributed by atoms with van der Waals surface area (Å²) >= 11 is 0. The summed E-state index contributed by atoms with van der Waals surface area (Å²) in [7, 11) is 0. The summed E-state index contributed by atoms with van der Waals surface area (Å²) in [5, 5.41) is 14.4. The van der Waals surface area contributed by atoms with Gasteiger partial charge in [-0.3, -0.25) is 14.9 Å². The molecule has 0 saturated heterocycles. The van der Waals surface area contributed by atoms with E-state index in [4.69, 9.17) is 0 Å². The molecule has 0 atom stereocenters. The van der Waals surface area contributed by atoms with Gasteiger partial charge in [-0.15, -0.1) is 0 Å². The molecular formula is C20H21N3O3. The molecule has 6 heteroatoms. The van der Waals surface area contributed by atoms with Gasteiger partial charge in [0.2, 0.25) is 0 Å². The minimum atomic E-state index is -0.461. The third-order valence-electron chi connectivity index (χ3n) is 4.62. The van der Waals surface area contributed by atoms with Gasteiger partial charge in [-0.2, -0.15) is 0 Å². The van der Waals surface area contributed by atoms with E-state index in [0.717, 1.165) is 6.42 Å². The molecule has 0 fully saturated rings. The van der Waals surface area contributed by atoms with Crippen LogP contribution in [0.5, 0.6) is 0 Å². The van der Waals surface area contributed by atoms with Gasteiger partial charge in [0.25, 0.3) is 11.6 Å². The van der Waals surface area contributed by atoms with E-state index in [1.807, 2.05) is 0 Å². The van der Waals surface area contributed by atoms with Crippen molar-refractivity contribution in [3.05, 3.63) is 74.5 Å². The number of amides is 1. The number of benzene rings is 2. The van der Waals surface area contributed by atoms with Crippen LogP contribution in [0, 0.1) is 30.9 Å². The topological polar surface area (TPSA) is 88.0 Å². The highest BCUT2D eigenvalue weighted by Crippen LogP contribution is 2.23. The number of aryl methyl sites for hydroxylation is 3. The number of H-pyrrole nitrogens is 1. The monoisotopic (exact) mass is 351 g/mol. The van der Waals surface area contributed by atoms with Crippen LogP contribution in [-0.2, 0) is 6.42 Å². The molecule has 1 amide bonds. The second kappa shape index (κ2) is 7.00. The lowest BCUT2D eigenvalue weighted by molar-refractivity contribution is -0.384. The van der Waals surface area contributed by atoms with Gasteiger partial charge in [0.05, 0.1) is 10.5 Å². The lowest BCUT2D eigenvalue weighted by Crippen LogP contribution is -2.25. The maximum absolute atomic E-state index is 12.5. The van der Waals surface area contributed by atoms with Crippen molar-refractivity contribution in [3.8, 4) is 0 Å². The van der Waals surface area contributed by atoms with Gasteiger partial charge in [0.15, 0.2) is 0 Å². The number of fused-ring (bicyclic) bond motifs is 1. The van der Waals surface area contributed by atoms with Gasteiger partial charge in [-0.05, 0) is 49.9 Å². The first kappa shape index (κ1) is 17.7. The van der Waals surface area contributed by atoms with Crippen molar-refractivity contribution >= 4 is 22.5 Å². The Morgan fingerprint density at radius 2 is 1.85 bits per heavy atom. The van der Waals surface area contributed by atoms with E-state index in [0.29, 0.717) is 23.0 Å². The molecule has 3 rings (SSSR count). The van der Waals surface area contributed by atoms with Gasteiger partial charge >= 0.3 is 0 Å². The number of nitro groups is 1. The summed E-state index contributed by atoms with van der Waals surface area (Å²) in [6.45, 7) is 6.73. The van der Waals surface area contributed by atoms with Crippen LogP contribution in [0.15, 0.2) is 36.5 Å². The highest BCUT2D eigenvalue weighted by Gasteiger charge is 2.15. The van der Waals surface area contributed by atoms with Crippen molar-refractivity contribution in [1.29, 1.82) is 0 Å². The van der Waals surface area contributed by atoms with E-state index >= 15 is 0 Å². The number of nitrogens with one attached hydrogen (secondary N) is 2. The van der Waals surface area contributed by atoms with E-state index in [1.165, 1.54) is 34.4 Å². The summed E-state index contributed by atoms with van der Waals surface area (Å²) in [6, 6.07) is 8.74. The number of rotatable bonds is 5. The lowest BCUT2D eigenvalue weighted by atomic mass is 9.97. The van der Waals surface area contributed by atoms with Crippen molar-refractivity contribution in [2.45, 2.75) is 27.2 Å². The quantitative estimate of drug-likeness (QED) is 0.538. The molecule has 0 unspecified atom stereocenters. The molecule has 0 radical (unpaired) electrons. The number of hydrogen-bond donors (Lipinski definition) is 2. The number of aromatic amines is 1. The van der Waals surface area contributed by atoms with Crippen LogP contribution in [0.1, 0.15) is 32.6 Å². The third-order valence-corrected chi connectivity index (χ3v) is 4.62. The molecule has 1 heterocycles. The Kier molecular flexibility index (Phi) is 4.75. The van der Waals surface area contributed by atoms with E-state index in [-0.39, 0.29) is 11.6 Å². The highest BCUT2D eigenvalue weighted by atomic mass is 16.6. The molecule has 0 spiro atoms. The van der Waals surface area contributed by atoms with Crippen molar-refractivity contribution in [3.63, 3.8) is 0 Å². The number of aromatic nitrogens is 1. The zero-order valence-corrected chi connectivity index (χ0v) is 15.1. The van der Waals surface area contributed by atoms with E-state index in [9.17, 15) is 14.9 Å². The molecular weight excluding hydrogens is 330 g/mol. The summed E-state index contributed by atoms with van der Waals surface area (Å²) in [6.07, 6.45) is 2.33. The van der Waals surface area contributed by atoms with Crippen molar-refractivity contribution in [2.24, 2.45) is 0 Å². The molecule has 0 bridgehead atoms. The second-order valence-electron chi connectivity index (χ2n) is 6.57. The van der Waals surface area contributed by atoms with Gasteiger partial charge < -0.3 is 10.3 Å². The zero-order chi connectivity index (χ0) is 18.8. The minimum absolute atomic E-state index is 0.0305. The van der Waals surface area contributed by atoms with E-state index in [2.05, 4.69) is 43.2 Å². The third kappa shape index (κ3) is 3.44. The predicted molar refractivity (Wildman–Crippen MR) is 102 cm³/mol. The van der Waals surface area contributed by atoms with Crippen LogP contribution in [0.2, 0.25) is 0 Å². The molecule has 3 aromatic rings. The largest absolute Gasteiger partial charge is 0.360 e. The summed E-state index contributed by atoms with van der Waals surface area (Å²) in [5.41, 5.74) is 6.00. The van der Waals surface area contributed by atoms with Gasteiger partial charge in [-0.1, -0.05) is 17.7 Å². The molecule has 26 heavy (non-hydrogen) atoms. The Hall–Kier alpha value is -3.15. The molecule has 1 aromatic heterocycles. The van der Waals surface area contributed by atoms with Crippen LogP contribution >= 0.6 is 0 Å². The standard InChI is InChI=1S/C20H21N3O3/c1-12-8-13(2)16(14(3)9-12)6-7-21-20(24)18-11-22-19-5-4-15(23(25)26)10-17(18)19/h4-5,8-11,22H,6-7H2,1-3H3,(H,21,24). The molecule has 0 aliphatic heterocycles. The first-order valence-electron chi connectivity index (χ1n) is 8.47. The van der Waals surface area contributed by atoms with Crippen LogP contribution in [0.4, 0.5) is 5.69 Å². The Bertz CT molecular complexity index is 982. The van der Waals surface area contributed by atoms with E-state index in [1.54, 1.807) is 12.3 Å². The maximum Gasteiger partial charge on any atom is 0.270 e. The molecule has 134 valence electrons. The Morgan fingerprint density at radius 1 is 1.15 bits per heavy atom. The average Bonchev–Trinajstić information content (AvgIpc) is 3.00. The van der Waals surface area contributed by atoms with E-state index < -0.39 is 4.92 Å². The Balaban J connectivity index is 1.74. The highest BCUT2D eigenvalue weighted by molar-refractivity contribution is 6.07. The second-order valence-corrected chi connectivity index (χ2v) is 6.57. The molecule has 2 aromatic carbocycles. The summed E-state index contributed by atoms with van der Waals surface area (Å²) in [4.78, 5) is 26.0.